The number of para-hydroxylation sites is 1. The summed E-state index contributed by atoms with van der Waals surface area (Å²) in [5.41, 5.74) is 11.6. The second-order valence-corrected chi connectivity index (χ2v) is 15.7. The first kappa shape index (κ1) is 34.9. The molecule has 0 N–H and O–H groups in total. The van der Waals surface area contributed by atoms with Crippen molar-refractivity contribution in [2.45, 2.75) is 0 Å². The van der Waals surface area contributed by atoms with Gasteiger partial charge < -0.3 is 4.42 Å². The third-order valence-corrected chi connectivity index (χ3v) is 12.1. The van der Waals surface area contributed by atoms with Crippen molar-refractivity contribution in [2.24, 2.45) is 0 Å². The van der Waals surface area contributed by atoms with Crippen LogP contribution in [0.3, 0.4) is 0 Å². The Labute approximate surface area is 352 Å². The van der Waals surface area contributed by atoms with Gasteiger partial charge in [-0.25, -0.2) is 9.97 Å². The van der Waals surface area contributed by atoms with Crippen LogP contribution in [0, 0.1) is 0 Å². The summed E-state index contributed by atoms with van der Waals surface area (Å²) in [6.45, 7) is 0. The van der Waals surface area contributed by atoms with Crippen molar-refractivity contribution < 1.29 is 4.42 Å². The summed E-state index contributed by atoms with van der Waals surface area (Å²) in [6, 6.07) is 77.7. The van der Waals surface area contributed by atoms with Gasteiger partial charge in [-0.1, -0.05) is 194 Å². The highest BCUT2D eigenvalue weighted by Crippen LogP contribution is 2.41. The lowest BCUT2D eigenvalue weighted by Crippen LogP contribution is -1.96. The summed E-state index contributed by atoms with van der Waals surface area (Å²) in [5, 5.41) is 11.0. The van der Waals surface area contributed by atoms with Gasteiger partial charge in [-0.05, 0) is 101 Å². The van der Waals surface area contributed by atoms with E-state index in [1.165, 1.54) is 60.1 Å². The molecule has 61 heavy (non-hydrogen) atoms. The molecule has 0 aliphatic heterocycles. The SMILES string of the molecule is c1ccc(-c2nc(-c3cc4ccccc4o3)cc(-c3ccc(-c4ccc(-c5ccc(-c6c7ccccc7cc7c6ccc6ccccc67)cc5)cc4)c4ccccc34)n2)cc1. The molecule has 0 saturated heterocycles. The molecule has 0 spiro atoms. The highest BCUT2D eigenvalue weighted by molar-refractivity contribution is 6.20. The Hall–Kier alpha value is -8.14. The number of nitrogens with zero attached hydrogens (tertiary/aromatic N) is 2. The average molecular weight is 777 g/mol. The lowest BCUT2D eigenvalue weighted by Gasteiger charge is -2.15. The molecule has 2 aromatic heterocycles. The molecule has 0 aliphatic carbocycles. The van der Waals surface area contributed by atoms with Gasteiger partial charge >= 0.3 is 0 Å². The maximum Gasteiger partial charge on any atom is 0.160 e. The first-order valence-corrected chi connectivity index (χ1v) is 20.7. The van der Waals surface area contributed by atoms with E-state index in [0.29, 0.717) is 11.6 Å². The minimum Gasteiger partial charge on any atom is -0.454 e. The Morgan fingerprint density at radius 3 is 1.62 bits per heavy atom. The van der Waals surface area contributed by atoms with Gasteiger partial charge in [0.1, 0.15) is 11.3 Å². The van der Waals surface area contributed by atoms with Gasteiger partial charge in [-0.2, -0.15) is 0 Å². The summed E-state index contributed by atoms with van der Waals surface area (Å²) in [7, 11) is 0. The van der Waals surface area contributed by atoms with Crippen LogP contribution >= 0.6 is 0 Å². The van der Waals surface area contributed by atoms with E-state index in [1.54, 1.807) is 0 Å². The van der Waals surface area contributed by atoms with Crippen molar-refractivity contribution in [1.29, 1.82) is 0 Å². The Kier molecular flexibility index (Phi) is 8.17. The van der Waals surface area contributed by atoms with Gasteiger partial charge in [0.05, 0.1) is 5.69 Å². The number of hydrogen-bond acceptors (Lipinski definition) is 3. The third kappa shape index (κ3) is 6.06. The molecule has 2 heterocycles. The molecular weight excluding hydrogens is 741 g/mol. The van der Waals surface area contributed by atoms with Gasteiger partial charge in [-0.3, -0.25) is 0 Å². The molecule has 0 saturated carbocycles. The monoisotopic (exact) mass is 776 g/mol. The van der Waals surface area contributed by atoms with Crippen LogP contribution < -0.4 is 0 Å². The first-order chi connectivity index (χ1) is 30.2. The lowest BCUT2D eigenvalue weighted by atomic mass is 9.89. The zero-order chi connectivity index (χ0) is 40.3. The molecular formula is C58H36N2O. The maximum atomic E-state index is 6.32. The second-order valence-electron chi connectivity index (χ2n) is 15.7. The van der Waals surface area contributed by atoms with Crippen LogP contribution in [0.15, 0.2) is 223 Å². The summed E-state index contributed by atoms with van der Waals surface area (Å²) in [4.78, 5) is 10.2. The van der Waals surface area contributed by atoms with E-state index in [2.05, 4.69) is 182 Å². The van der Waals surface area contributed by atoms with Crippen molar-refractivity contribution in [3.63, 3.8) is 0 Å². The number of rotatable bonds is 6. The standard InChI is InChI=1S/C58H36N2O/c1-2-13-42(14-3-1)58-59-53(36-54(60-58)56-35-44-16-6-11-21-55(44)61-56)50-33-32-46(48-19-9-10-20-49(48)50)40-26-22-37(23-27-40)38-24-28-41(29-25-38)57-47-18-8-5-15-43(47)34-52-45-17-7-4-12-39(45)30-31-51(52)57/h1-36H. The van der Waals surface area contributed by atoms with Crippen LogP contribution in [0.4, 0.5) is 0 Å². The zero-order valence-corrected chi connectivity index (χ0v) is 33.1. The van der Waals surface area contributed by atoms with Crippen LogP contribution in [0.2, 0.25) is 0 Å². The average Bonchev–Trinajstić information content (AvgIpc) is 3.78. The van der Waals surface area contributed by atoms with Crippen molar-refractivity contribution in [1.82, 2.24) is 9.97 Å². The largest absolute Gasteiger partial charge is 0.454 e. The van der Waals surface area contributed by atoms with Gasteiger partial charge in [0.2, 0.25) is 0 Å². The Morgan fingerprint density at radius 2 is 0.869 bits per heavy atom. The van der Waals surface area contributed by atoms with E-state index in [0.717, 1.165) is 49.8 Å². The van der Waals surface area contributed by atoms with E-state index >= 15 is 0 Å². The van der Waals surface area contributed by atoms with E-state index in [-0.39, 0.29) is 0 Å². The number of hydrogen-bond donors (Lipinski definition) is 0. The summed E-state index contributed by atoms with van der Waals surface area (Å²) in [6.07, 6.45) is 0. The quantitative estimate of drug-likeness (QED) is 0.125. The Bertz CT molecular complexity index is 3590. The molecule has 0 fully saturated rings. The van der Waals surface area contributed by atoms with Gasteiger partial charge in [0, 0.05) is 16.5 Å². The van der Waals surface area contributed by atoms with Crippen LogP contribution in [0.25, 0.3) is 122 Å². The molecule has 0 aliphatic rings. The molecule has 284 valence electrons. The number of benzene rings is 10. The van der Waals surface area contributed by atoms with Crippen molar-refractivity contribution in [2.75, 3.05) is 0 Å². The molecule has 12 aromatic rings. The number of furan rings is 1. The van der Waals surface area contributed by atoms with Crippen molar-refractivity contribution in [3.05, 3.63) is 218 Å². The predicted octanol–water partition coefficient (Wildman–Crippen LogP) is 15.8. The topological polar surface area (TPSA) is 38.9 Å². The van der Waals surface area contributed by atoms with E-state index in [1.807, 2.05) is 36.4 Å². The number of aromatic nitrogens is 2. The zero-order valence-electron chi connectivity index (χ0n) is 33.1. The van der Waals surface area contributed by atoms with E-state index in [4.69, 9.17) is 14.4 Å². The van der Waals surface area contributed by atoms with Crippen molar-refractivity contribution >= 4 is 54.1 Å². The lowest BCUT2D eigenvalue weighted by molar-refractivity contribution is 0.628. The maximum absolute atomic E-state index is 6.32. The van der Waals surface area contributed by atoms with Crippen molar-refractivity contribution in [3.8, 4) is 67.5 Å². The first-order valence-electron chi connectivity index (χ1n) is 20.7. The molecule has 0 unspecified atom stereocenters. The Balaban J connectivity index is 0.906. The van der Waals surface area contributed by atoms with Crippen LogP contribution in [0.5, 0.6) is 0 Å². The molecule has 0 radical (unpaired) electrons. The molecule has 10 aromatic carbocycles. The minimum atomic E-state index is 0.657. The summed E-state index contributed by atoms with van der Waals surface area (Å²) < 4.78 is 6.32. The van der Waals surface area contributed by atoms with E-state index in [9.17, 15) is 0 Å². The highest BCUT2D eigenvalue weighted by atomic mass is 16.3. The second kappa shape index (κ2) is 14.3. The number of fused-ring (bicyclic) bond motifs is 6. The predicted molar refractivity (Wildman–Crippen MR) is 254 cm³/mol. The molecule has 3 heteroatoms. The van der Waals surface area contributed by atoms with Gasteiger partial charge in [0.25, 0.3) is 0 Å². The molecule has 3 nitrogen and oxygen atoms in total. The molecule has 0 amide bonds. The van der Waals surface area contributed by atoms with Gasteiger partial charge in [-0.15, -0.1) is 0 Å². The van der Waals surface area contributed by atoms with Crippen LogP contribution in [0.1, 0.15) is 0 Å². The highest BCUT2D eigenvalue weighted by Gasteiger charge is 2.17. The fourth-order valence-electron chi connectivity index (χ4n) is 9.11. The summed E-state index contributed by atoms with van der Waals surface area (Å²) >= 11 is 0. The third-order valence-electron chi connectivity index (χ3n) is 12.1. The van der Waals surface area contributed by atoms with Gasteiger partial charge in [0.15, 0.2) is 11.6 Å². The van der Waals surface area contributed by atoms with Crippen LogP contribution in [-0.4, -0.2) is 9.97 Å². The molecule has 12 rings (SSSR count). The van der Waals surface area contributed by atoms with E-state index < -0.39 is 0 Å². The summed E-state index contributed by atoms with van der Waals surface area (Å²) in [5.74, 6) is 1.37. The van der Waals surface area contributed by atoms with Crippen LogP contribution in [-0.2, 0) is 0 Å². The minimum absolute atomic E-state index is 0.657. The fourth-order valence-corrected chi connectivity index (χ4v) is 9.11. The molecule has 0 bridgehead atoms. The fraction of sp³-hybridized carbons (Fsp3) is 0. The Morgan fingerprint density at radius 1 is 0.295 bits per heavy atom. The normalized spacial score (nSPS) is 11.6. The molecule has 0 atom stereocenters. The smallest absolute Gasteiger partial charge is 0.160 e.